The molecule has 0 aromatic heterocycles. The van der Waals surface area contributed by atoms with E-state index >= 15 is 0 Å². The zero-order valence-corrected chi connectivity index (χ0v) is 10.6. The molecule has 2 aliphatic rings. The lowest BCUT2D eigenvalue weighted by molar-refractivity contribution is 0.0878. The number of fused-ring (bicyclic) bond motifs is 1. The van der Waals surface area contributed by atoms with Crippen LogP contribution in [0.25, 0.3) is 0 Å². The van der Waals surface area contributed by atoms with Crippen LogP contribution in [0, 0.1) is 0 Å². The van der Waals surface area contributed by atoms with Crippen molar-refractivity contribution in [3.63, 3.8) is 0 Å². The van der Waals surface area contributed by atoms with Gasteiger partial charge in [0.25, 0.3) is 11.8 Å². The molecule has 1 aromatic rings. The largest absolute Gasteiger partial charge is 0.491 e. The first-order valence-electron chi connectivity index (χ1n) is 6.59. The second-order valence-electron chi connectivity index (χ2n) is 4.86. The van der Waals surface area contributed by atoms with Crippen LogP contribution in [0.15, 0.2) is 18.2 Å². The van der Waals surface area contributed by atoms with Crippen molar-refractivity contribution < 1.29 is 14.3 Å². The third kappa shape index (κ3) is 2.33. The maximum absolute atomic E-state index is 11.7. The number of carbonyl (C=O) groups excluding carboxylic acids is 2. The van der Waals surface area contributed by atoms with Gasteiger partial charge in [0, 0.05) is 6.54 Å². The van der Waals surface area contributed by atoms with Crippen molar-refractivity contribution in [2.45, 2.75) is 12.8 Å². The summed E-state index contributed by atoms with van der Waals surface area (Å²) in [4.78, 5) is 25.6. The summed E-state index contributed by atoms with van der Waals surface area (Å²) in [5, 5.41) is 2.29. The quantitative estimate of drug-likeness (QED) is 0.822. The summed E-state index contributed by atoms with van der Waals surface area (Å²) in [5.41, 5.74) is 0.776. The Morgan fingerprint density at radius 3 is 2.74 bits per heavy atom. The van der Waals surface area contributed by atoms with E-state index in [0.29, 0.717) is 23.5 Å². The van der Waals surface area contributed by atoms with Gasteiger partial charge in [-0.15, -0.1) is 0 Å². The fourth-order valence-corrected chi connectivity index (χ4v) is 2.60. The minimum Gasteiger partial charge on any atom is -0.491 e. The third-order valence-electron chi connectivity index (χ3n) is 3.59. The Labute approximate surface area is 111 Å². The van der Waals surface area contributed by atoms with Crippen LogP contribution < -0.4 is 10.1 Å². The average molecular weight is 260 g/mol. The number of nitrogens with zero attached hydrogens (tertiary/aromatic N) is 1. The van der Waals surface area contributed by atoms with Crippen LogP contribution >= 0.6 is 0 Å². The molecule has 0 saturated carbocycles. The van der Waals surface area contributed by atoms with E-state index < -0.39 is 0 Å². The number of amides is 2. The van der Waals surface area contributed by atoms with E-state index in [0.717, 1.165) is 19.6 Å². The summed E-state index contributed by atoms with van der Waals surface area (Å²) in [6.07, 6.45) is 2.50. The van der Waals surface area contributed by atoms with Crippen LogP contribution in [0.1, 0.15) is 33.6 Å². The molecule has 3 rings (SSSR count). The molecule has 2 amide bonds. The van der Waals surface area contributed by atoms with Crippen molar-refractivity contribution in [3.05, 3.63) is 29.3 Å². The van der Waals surface area contributed by atoms with E-state index in [-0.39, 0.29) is 11.8 Å². The van der Waals surface area contributed by atoms with Crippen molar-refractivity contribution in [3.8, 4) is 5.75 Å². The summed E-state index contributed by atoms with van der Waals surface area (Å²) in [6, 6.07) is 5.12. The van der Waals surface area contributed by atoms with Gasteiger partial charge < -0.3 is 4.74 Å². The molecule has 1 fully saturated rings. The Hall–Kier alpha value is -1.88. The maximum Gasteiger partial charge on any atom is 0.262 e. The Morgan fingerprint density at radius 1 is 1.16 bits per heavy atom. The minimum atomic E-state index is -0.364. The molecule has 0 unspecified atom stereocenters. The number of imide groups is 1. The number of hydrogen-bond acceptors (Lipinski definition) is 4. The average Bonchev–Trinajstić information content (AvgIpc) is 3.00. The molecule has 0 aliphatic carbocycles. The summed E-state index contributed by atoms with van der Waals surface area (Å²) in [5.74, 6) is -0.207. The molecule has 19 heavy (non-hydrogen) atoms. The normalized spacial score (nSPS) is 18.5. The van der Waals surface area contributed by atoms with Crippen LogP contribution in [-0.2, 0) is 0 Å². The van der Waals surface area contributed by atoms with Gasteiger partial charge in [0.05, 0.1) is 11.1 Å². The maximum atomic E-state index is 11.7. The highest BCUT2D eigenvalue weighted by atomic mass is 16.5. The van der Waals surface area contributed by atoms with Crippen LogP contribution in [0.5, 0.6) is 5.75 Å². The molecule has 5 heteroatoms. The predicted octanol–water partition coefficient (Wildman–Crippen LogP) is 1.04. The minimum absolute atomic E-state index is 0.343. The molecular formula is C14H16N2O3. The number of benzene rings is 1. The van der Waals surface area contributed by atoms with E-state index in [1.807, 2.05) is 0 Å². The highest BCUT2D eigenvalue weighted by Gasteiger charge is 2.30. The lowest BCUT2D eigenvalue weighted by atomic mass is 10.1. The molecule has 0 radical (unpaired) electrons. The van der Waals surface area contributed by atoms with Crippen molar-refractivity contribution in [1.82, 2.24) is 10.2 Å². The van der Waals surface area contributed by atoms with Gasteiger partial charge in [0.1, 0.15) is 12.4 Å². The fraction of sp³-hybridized carbons (Fsp3) is 0.429. The van der Waals surface area contributed by atoms with Crippen LogP contribution in [0.3, 0.4) is 0 Å². The van der Waals surface area contributed by atoms with Crippen LogP contribution in [0.2, 0.25) is 0 Å². The first kappa shape index (κ1) is 12.2. The smallest absolute Gasteiger partial charge is 0.262 e. The molecule has 0 bridgehead atoms. The van der Waals surface area contributed by atoms with Gasteiger partial charge in [-0.1, -0.05) is 6.07 Å². The standard InChI is InChI=1S/C14H16N2O3/c17-13-10-4-3-5-11(12(10)14(18)15-13)19-9-8-16-6-1-2-7-16/h3-5H,1-2,6-9H2,(H,15,17,18). The lowest BCUT2D eigenvalue weighted by Crippen LogP contribution is -2.25. The van der Waals surface area contributed by atoms with E-state index in [9.17, 15) is 9.59 Å². The zero-order valence-electron chi connectivity index (χ0n) is 10.6. The molecule has 100 valence electrons. The molecule has 1 N–H and O–H groups in total. The van der Waals surface area contributed by atoms with Crippen molar-refractivity contribution >= 4 is 11.8 Å². The molecule has 0 atom stereocenters. The predicted molar refractivity (Wildman–Crippen MR) is 69.4 cm³/mol. The second-order valence-corrected chi connectivity index (χ2v) is 4.86. The van der Waals surface area contributed by atoms with E-state index in [1.54, 1.807) is 18.2 Å². The van der Waals surface area contributed by atoms with Crippen LogP contribution in [0.4, 0.5) is 0 Å². The molecule has 5 nitrogen and oxygen atoms in total. The first-order chi connectivity index (χ1) is 9.25. The van der Waals surface area contributed by atoms with Gasteiger partial charge in [-0.2, -0.15) is 0 Å². The van der Waals surface area contributed by atoms with Gasteiger partial charge in [0.2, 0.25) is 0 Å². The molecule has 2 heterocycles. The lowest BCUT2D eigenvalue weighted by Gasteiger charge is -2.15. The third-order valence-corrected chi connectivity index (χ3v) is 3.59. The number of nitrogens with one attached hydrogen (secondary N) is 1. The molecule has 2 aliphatic heterocycles. The molecule has 1 aromatic carbocycles. The summed E-state index contributed by atoms with van der Waals surface area (Å²) in [7, 11) is 0. The van der Waals surface area contributed by atoms with Gasteiger partial charge in [-0.05, 0) is 38.1 Å². The molecule has 1 saturated heterocycles. The van der Waals surface area contributed by atoms with E-state index in [2.05, 4.69) is 10.2 Å². The summed E-state index contributed by atoms with van der Waals surface area (Å²) >= 11 is 0. The van der Waals surface area contributed by atoms with Gasteiger partial charge >= 0.3 is 0 Å². The van der Waals surface area contributed by atoms with E-state index in [4.69, 9.17) is 4.74 Å². The first-order valence-corrected chi connectivity index (χ1v) is 6.59. The Balaban J connectivity index is 1.68. The second kappa shape index (κ2) is 5.01. The Bertz CT molecular complexity index is 521. The monoisotopic (exact) mass is 260 g/mol. The van der Waals surface area contributed by atoms with Crippen molar-refractivity contribution in [2.24, 2.45) is 0 Å². The Kier molecular flexibility index (Phi) is 3.21. The van der Waals surface area contributed by atoms with E-state index in [1.165, 1.54) is 12.8 Å². The Morgan fingerprint density at radius 2 is 1.95 bits per heavy atom. The van der Waals surface area contributed by atoms with Gasteiger partial charge in [-0.25, -0.2) is 0 Å². The fourth-order valence-electron chi connectivity index (χ4n) is 2.60. The molecule has 0 spiro atoms. The van der Waals surface area contributed by atoms with Crippen LogP contribution in [-0.4, -0.2) is 43.0 Å². The summed E-state index contributed by atoms with van der Waals surface area (Å²) < 4.78 is 5.67. The number of carbonyl (C=O) groups is 2. The van der Waals surface area contributed by atoms with Gasteiger partial charge in [0.15, 0.2) is 0 Å². The topological polar surface area (TPSA) is 58.6 Å². The number of likely N-dealkylation sites (tertiary alicyclic amines) is 1. The van der Waals surface area contributed by atoms with Crippen molar-refractivity contribution in [1.29, 1.82) is 0 Å². The highest BCUT2D eigenvalue weighted by molar-refractivity contribution is 6.22. The zero-order chi connectivity index (χ0) is 13.2. The number of ether oxygens (including phenoxy) is 1. The summed E-state index contributed by atoms with van der Waals surface area (Å²) in [6.45, 7) is 3.64. The number of hydrogen-bond donors (Lipinski definition) is 1. The molecular weight excluding hydrogens is 244 g/mol. The van der Waals surface area contributed by atoms with Gasteiger partial charge in [-0.3, -0.25) is 19.8 Å². The highest BCUT2D eigenvalue weighted by Crippen LogP contribution is 2.26. The number of rotatable bonds is 4. The van der Waals surface area contributed by atoms with Crippen molar-refractivity contribution in [2.75, 3.05) is 26.2 Å². The SMILES string of the molecule is O=C1NC(=O)c2c(OCCN3CCCC3)cccc21.